The van der Waals surface area contributed by atoms with Crippen LogP contribution < -0.4 is 10.7 Å². The Kier molecular flexibility index (Phi) is 7.38. The number of rotatable bonds is 7. The van der Waals surface area contributed by atoms with Gasteiger partial charge in [0.1, 0.15) is 11.6 Å². The number of fused-ring (bicyclic) bond motifs is 1. The largest absolute Gasteiger partial charge is 0.506 e. The Hall–Kier alpha value is -4.23. The van der Waals surface area contributed by atoms with Gasteiger partial charge in [-0.3, -0.25) is 9.59 Å². The third kappa shape index (κ3) is 5.65. The van der Waals surface area contributed by atoms with Crippen molar-refractivity contribution in [3.8, 4) is 5.75 Å². The summed E-state index contributed by atoms with van der Waals surface area (Å²) in [5.74, 6) is -1.16. The summed E-state index contributed by atoms with van der Waals surface area (Å²) in [7, 11) is 0. The van der Waals surface area contributed by atoms with E-state index in [0.717, 1.165) is 10.8 Å². The van der Waals surface area contributed by atoms with E-state index in [1.165, 1.54) is 30.5 Å². The van der Waals surface area contributed by atoms with Crippen molar-refractivity contribution in [2.45, 2.75) is 6.42 Å². The molecule has 0 saturated carbocycles. The van der Waals surface area contributed by atoms with Crippen molar-refractivity contribution in [3.05, 3.63) is 112 Å². The summed E-state index contributed by atoms with van der Waals surface area (Å²) in [5, 5.41) is 17.9. The van der Waals surface area contributed by atoms with Gasteiger partial charge in [0.05, 0.1) is 11.2 Å². The highest BCUT2D eigenvalue weighted by atomic mass is 35.5. The van der Waals surface area contributed by atoms with Gasteiger partial charge in [-0.15, -0.1) is 0 Å². The van der Waals surface area contributed by atoms with Crippen LogP contribution in [0.15, 0.2) is 84.0 Å². The molecule has 0 aliphatic rings. The molecule has 6 nitrogen and oxygen atoms in total. The quantitative estimate of drug-likeness (QED) is 0.250. The zero-order valence-electron chi connectivity index (χ0n) is 18.5. The number of aromatic hydroxyl groups is 1. The number of hydrogen-bond donors (Lipinski definition) is 3. The maximum Gasteiger partial charge on any atom is 0.271 e. The fraction of sp³-hybridized carbons (Fsp3) is 0.0741. The summed E-state index contributed by atoms with van der Waals surface area (Å²) in [6.07, 6.45) is 1.87. The summed E-state index contributed by atoms with van der Waals surface area (Å²) in [6.45, 7) is 0.296. The Morgan fingerprint density at radius 2 is 1.69 bits per heavy atom. The minimum atomic E-state index is -0.488. The van der Waals surface area contributed by atoms with Crippen molar-refractivity contribution in [2.75, 3.05) is 6.54 Å². The molecule has 176 valence electrons. The first-order valence-corrected chi connectivity index (χ1v) is 11.2. The van der Waals surface area contributed by atoms with Crippen LogP contribution in [0, 0.1) is 5.82 Å². The molecule has 0 heterocycles. The molecule has 4 rings (SSSR count). The standard InChI is InChI=1S/C27H21ClFN3O3/c28-23-15-18(10-12-25(23)33)26(34)32-31-16-19-9-11-22(21-7-3-2-6-20(19)21)27(35)30-14-13-17-5-1-4-8-24(17)29/h1-12,15-16,33H,13-14H2,(H,30,35)(H,32,34)/b31-16+. The van der Waals surface area contributed by atoms with Gasteiger partial charge in [0.15, 0.2) is 0 Å². The van der Waals surface area contributed by atoms with Gasteiger partial charge in [-0.05, 0) is 53.1 Å². The van der Waals surface area contributed by atoms with E-state index >= 15 is 0 Å². The van der Waals surface area contributed by atoms with Crippen LogP contribution in [0.4, 0.5) is 4.39 Å². The molecular formula is C27H21ClFN3O3. The molecule has 3 N–H and O–H groups in total. The van der Waals surface area contributed by atoms with Crippen molar-refractivity contribution in [3.63, 3.8) is 0 Å². The second-order valence-electron chi connectivity index (χ2n) is 7.71. The zero-order valence-corrected chi connectivity index (χ0v) is 19.2. The summed E-state index contributed by atoms with van der Waals surface area (Å²) in [5.41, 5.74) is 4.40. The molecule has 0 aliphatic heterocycles. The number of carbonyl (C=O) groups excluding carboxylic acids is 2. The molecule has 0 saturated heterocycles. The normalized spacial score (nSPS) is 11.0. The predicted octanol–water partition coefficient (Wildman–Crippen LogP) is 5.07. The van der Waals surface area contributed by atoms with Gasteiger partial charge < -0.3 is 10.4 Å². The Morgan fingerprint density at radius 3 is 2.46 bits per heavy atom. The van der Waals surface area contributed by atoms with E-state index in [9.17, 15) is 19.1 Å². The summed E-state index contributed by atoms with van der Waals surface area (Å²) in [4.78, 5) is 25.1. The highest BCUT2D eigenvalue weighted by molar-refractivity contribution is 6.32. The number of nitrogens with one attached hydrogen (secondary N) is 2. The Morgan fingerprint density at radius 1 is 0.943 bits per heavy atom. The average molecular weight is 490 g/mol. The predicted molar refractivity (Wildman–Crippen MR) is 135 cm³/mol. The van der Waals surface area contributed by atoms with Gasteiger partial charge in [-0.25, -0.2) is 9.82 Å². The van der Waals surface area contributed by atoms with Gasteiger partial charge >= 0.3 is 0 Å². The van der Waals surface area contributed by atoms with E-state index in [1.807, 2.05) is 24.3 Å². The number of hydrogen-bond acceptors (Lipinski definition) is 4. The SMILES string of the molecule is O=C(N/N=C/c1ccc(C(=O)NCCc2ccccc2F)c2ccccc12)c1ccc(O)c(Cl)c1. The number of nitrogens with zero attached hydrogens (tertiary/aromatic N) is 1. The van der Waals surface area contributed by atoms with Gasteiger partial charge in [0, 0.05) is 23.2 Å². The molecule has 0 spiro atoms. The molecule has 0 bridgehead atoms. The first-order valence-electron chi connectivity index (χ1n) is 10.8. The highest BCUT2D eigenvalue weighted by Gasteiger charge is 2.12. The van der Waals surface area contributed by atoms with E-state index in [1.54, 1.807) is 30.3 Å². The first kappa shape index (κ1) is 23.9. The Bertz CT molecular complexity index is 1440. The molecular weight excluding hydrogens is 469 g/mol. The monoisotopic (exact) mass is 489 g/mol. The Labute approximate surface area is 206 Å². The van der Waals surface area contributed by atoms with E-state index < -0.39 is 5.91 Å². The van der Waals surface area contributed by atoms with Crippen LogP contribution in [0.2, 0.25) is 5.02 Å². The third-order valence-electron chi connectivity index (χ3n) is 5.42. The summed E-state index contributed by atoms with van der Waals surface area (Å²) < 4.78 is 13.8. The fourth-order valence-electron chi connectivity index (χ4n) is 3.61. The smallest absolute Gasteiger partial charge is 0.271 e. The molecule has 0 radical (unpaired) electrons. The first-order chi connectivity index (χ1) is 16.9. The molecule has 0 atom stereocenters. The number of carbonyl (C=O) groups is 2. The number of phenols is 1. The molecule has 0 fully saturated rings. The van der Waals surface area contributed by atoms with Crippen molar-refractivity contribution in [2.24, 2.45) is 5.10 Å². The lowest BCUT2D eigenvalue weighted by Crippen LogP contribution is -2.26. The van der Waals surface area contributed by atoms with Crippen LogP contribution in [0.1, 0.15) is 31.8 Å². The van der Waals surface area contributed by atoms with Gasteiger partial charge in [-0.1, -0.05) is 60.1 Å². The molecule has 4 aromatic rings. The highest BCUT2D eigenvalue weighted by Crippen LogP contribution is 2.24. The third-order valence-corrected chi connectivity index (χ3v) is 5.72. The lowest BCUT2D eigenvalue weighted by atomic mass is 9.99. The van der Waals surface area contributed by atoms with E-state index in [0.29, 0.717) is 29.7 Å². The Balaban J connectivity index is 1.47. The number of amides is 2. The number of hydrazone groups is 1. The number of phenolic OH excluding ortho intramolecular Hbond substituents is 1. The van der Waals surface area contributed by atoms with Crippen LogP contribution in [-0.2, 0) is 6.42 Å². The number of benzene rings is 4. The molecule has 2 amide bonds. The number of halogens is 2. The summed E-state index contributed by atoms with van der Waals surface area (Å²) in [6, 6.07) is 21.4. The van der Waals surface area contributed by atoms with Gasteiger partial charge in [-0.2, -0.15) is 5.10 Å². The van der Waals surface area contributed by atoms with Crippen molar-refractivity contribution in [1.82, 2.24) is 10.7 Å². The minimum absolute atomic E-state index is 0.0652. The maximum atomic E-state index is 13.8. The second kappa shape index (κ2) is 10.8. The molecule has 0 aromatic heterocycles. The molecule has 0 unspecified atom stereocenters. The molecule has 35 heavy (non-hydrogen) atoms. The van der Waals surface area contributed by atoms with Crippen LogP contribution >= 0.6 is 11.6 Å². The van der Waals surface area contributed by atoms with Crippen LogP contribution in [0.3, 0.4) is 0 Å². The van der Waals surface area contributed by atoms with Crippen LogP contribution in [0.5, 0.6) is 5.75 Å². The van der Waals surface area contributed by atoms with Crippen molar-refractivity contribution >= 4 is 40.4 Å². The minimum Gasteiger partial charge on any atom is -0.506 e. The van der Waals surface area contributed by atoms with E-state index in [4.69, 9.17) is 11.6 Å². The van der Waals surface area contributed by atoms with Crippen LogP contribution in [0.25, 0.3) is 10.8 Å². The second-order valence-corrected chi connectivity index (χ2v) is 8.12. The maximum absolute atomic E-state index is 13.8. The molecule has 4 aromatic carbocycles. The van der Waals surface area contributed by atoms with Crippen molar-refractivity contribution in [1.29, 1.82) is 0 Å². The van der Waals surface area contributed by atoms with E-state index in [-0.39, 0.29) is 28.1 Å². The van der Waals surface area contributed by atoms with E-state index in [2.05, 4.69) is 15.8 Å². The lowest BCUT2D eigenvalue weighted by Gasteiger charge is -2.10. The van der Waals surface area contributed by atoms with Gasteiger partial charge in [0.25, 0.3) is 11.8 Å². The average Bonchev–Trinajstić information content (AvgIpc) is 2.86. The van der Waals surface area contributed by atoms with Crippen molar-refractivity contribution < 1.29 is 19.1 Å². The summed E-state index contributed by atoms with van der Waals surface area (Å²) >= 11 is 5.85. The zero-order chi connectivity index (χ0) is 24.8. The fourth-order valence-corrected chi connectivity index (χ4v) is 3.79. The lowest BCUT2D eigenvalue weighted by molar-refractivity contribution is 0.0947. The van der Waals surface area contributed by atoms with Gasteiger partial charge in [0.2, 0.25) is 0 Å². The topological polar surface area (TPSA) is 90.8 Å². The van der Waals surface area contributed by atoms with Crippen LogP contribution in [-0.4, -0.2) is 29.7 Å². The molecule has 0 aliphatic carbocycles. The molecule has 8 heteroatoms.